The van der Waals surface area contributed by atoms with Gasteiger partial charge in [0, 0.05) is 37.3 Å². The van der Waals surface area contributed by atoms with E-state index in [1.54, 1.807) is 0 Å². The molecule has 0 aromatic carbocycles. The fourth-order valence-corrected chi connectivity index (χ4v) is 3.87. The monoisotopic (exact) mass is 345 g/mol. The molecule has 136 valence electrons. The van der Waals surface area contributed by atoms with E-state index < -0.39 is 0 Å². The molecule has 2 N–H and O–H groups in total. The lowest BCUT2D eigenvalue weighted by Gasteiger charge is -2.26. The molecule has 0 spiro atoms. The molecule has 0 radical (unpaired) electrons. The first-order chi connectivity index (χ1) is 11.7. The van der Waals surface area contributed by atoms with Gasteiger partial charge in [-0.25, -0.2) is 0 Å². The first-order valence-electron chi connectivity index (χ1n) is 8.99. The van der Waals surface area contributed by atoms with Crippen molar-refractivity contribution in [2.24, 2.45) is 5.41 Å². The van der Waals surface area contributed by atoms with Crippen LogP contribution in [0.1, 0.15) is 72.1 Å². The Kier molecular flexibility index (Phi) is 4.47. The highest BCUT2D eigenvalue weighted by molar-refractivity contribution is 6.10. The predicted molar refractivity (Wildman–Crippen MR) is 94.7 cm³/mol. The Morgan fingerprint density at radius 1 is 1.28 bits per heavy atom. The average molecular weight is 345 g/mol. The van der Waals surface area contributed by atoms with Gasteiger partial charge in [0.15, 0.2) is 5.78 Å². The second-order valence-electron chi connectivity index (χ2n) is 8.46. The van der Waals surface area contributed by atoms with Gasteiger partial charge in [-0.15, -0.1) is 0 Å². The van der Waals surface area contributed by atoms with E-state index in [4.69, 9.17) is 0 Å². The van der Waals surface area contributed by atoms with Crippen LogP contribution >= 0.6 is 0 Å². The van der Waals surface area contributed by atoms with Crippen molar-refractivity contribution in [1.29, 1.82) is 0 Å². The SMILES string of the molecule is Cc1[nH]c2c(c1C(=O)N[C@H]1CC(=O)N(CC(C)(C)C)C1)C(=O)CCC2. The van der Waals surface area contributed by atoms with Crippen LogP contribution in [-0.4, -0.2) is 46.6 Å². The smallest absolute Gasteiger partial charge is 0.254 e. The Morgan fingerprint density at radius 2 is 2.00 bits per heavy atom. The molecule has 6 heteroatoms. The van der Waals surface area contributed by atoms with Crippen molar-refractivity contribution in [2.75, 3.05) is 13.1 Å². The molecule has 3 rings (SSSR count). The van der Waals surface area contributed by atoms with Gasteiger partial charge < -0.3 is 15.2 Å². The number of carbonyl (C=O) groups excluding carboxylic acids is 3. The van der Waals surface area contributed by atoms with Gasteiger partial charge in [-0.3, -0.25) is 14.4 Å². The fraction of sp³-hybridized carbons (Fsp3) is 0.632. The Labute approximate surface area is 148 Å². The number of fused-ring (bicyclic) bond motifs is 1. The van der Waals surface area contributed by atoms with Crippen LogP contribution in [-0.2, 0) is 11.2 Å². The molecular weight excluding hydrogens is 318 g/mol. The molecule has 2 aliphatic rings. The second-order valence-corrected chi connectivity index (χ2v) is 8.46. The zero-order valence-electron chi connectivity index (χ0n) is 15.5. The van der Waals surface area contributed by atoms with Gasteiger partial charge in [-0.05, 0) is 25.2 Å². The summed E-state index contributed by atoms with van der Waals surface area (Å²) in [6.07, 6.45) is 2.44. The van der Waals surface area contributed by atoms with Gasteiger partial charge in [0.25, 0.3) is 5.91 Å². The van der Waals surface area contributed by atoms with E-state index >= 15 is 0 Å². The molecule has 6 nitrogen and oxygen atoms in total. The number of hydrogen-bond acceptors (Lipinski definition) is 3. The zero-order chi connectivity index (χ0) is 18.4. The Morgan fingerprint density at radius 3 is 2.68 bits per heavy atom. The summed E-state index contributed by atoms with van der Waals surface area (Å²) >= 11 is 0. The summed E-state index contributed by atoms with van der Waals surface area (Å²) in [6, 6.07) is -0.203. The van der Waals surface area contributed by atoms with Crippen molar-refractivity contribution in [3.05, 3.63) is 22.5 Å². The van der Waals surface area contributed by atoms with E-state index in [-0.39, 0.29) is 29.1 Å². The highest BCUT2D eigenvalue weighted by Crippen LogP contribution is 2.27. The summed E-state index contributed by atoms with van der Waals surface area (Å²) in [5, 5.41) is 2.97. The van der Waals surface area contributed by atoms with Crippen LogP contribution < -0.4 is 5.32 Å². The van der Waals surface area contributed by atoms with Crippen LogP contribution in [0.2, 0.25) is 0 Å². The lowest BCUT2D eigenvalue weighted by atomic mass is 9.93. The molecule has 25 heavy (non-hydrogen) atoms. The van der Waals surface area contributed by atoms with Crippen LogP contribution in [0.3, 0.4) is 0 Å². The van der Waals surface area contributed by atoms with Gasteiger partial charge in [0.2, 0.25) is 5.91 Å². The van der Waals surface area contributed by atoms with Crippen molar-refractivity contribution in [3.8, 4) is 0 Å². The normalized spacial score (nSPS) is 20.8. The van der Waals surface area contributed by atoms with Crippen molar-refractivity contribution >= 4 is 17.6 Å². The molecule has 0 bridgehead atoms. The minimum atomic E-state index is -0.249. The highest BCUT2D eigenvalue weighted by atomic mass is 16.2. The topological polar surface area (TPSA) is 82.3 Å². The fourth-order valence-electron chi connectivity index (χ4n) is 3.87. The van der Waals surface area contributed by atoms with E-state index in [1.807, 2.05) is 11.8 Å². The summed E-state index contributed by atoms with van der Waals surface area (Å²) in [5.41, 5.74) is 2.64. The molecule has 1 aliphatic carbocycles. The minimum Gasteiger partial charge on any atom is -0.361 e. The number of H-pyrrole nitrogens is 1. The van der Waals surface area contributed by atoms with Crippen LogP contribution in [0.25, 0.3) is 0 Å². The van der Waals surface area contributed by atoms with E-state index in [0.29, 0.717) is 37.1 Å². The van der Waals surface area contributed by atoms with Crippen molar-refractivity contribution in [2.45, 2.75) is 59.4 Å². The van der Waals surface area contributed by atoms with E-state index in [2.05, 4.69) is 31.1 Å². The summed E-state index contributed by atoms with van der Waals surface area (Å²) in [6.45, 7) is 9.30. The molecule has 1 aromatic rings. The number of ketones is 1. The van der Waals surface area contributed by atoms with Gasteiger partial charge >= 0.3 is 0 Å². The van der Waals surface area contributed by atoms with Gasteiger partial charge in [0.05, 0.1) is 17.2 Å². The van der Waals surface area contributed by atoms with Gasteiger partial charge in [0.1, 0.15) is 0 Å². The number of nitrogens with one attached hydrogen (secondary N) is 2. The van der Waals surface area contributed by atoms with Crippen LogP contribution in [0.4, 0.5) is 0 Å². The second kappa shape index (κ2) is 6.32. The molecule has 1 fully saturated rings. The molecular formula is C19H27N3O3. The number of Topliss-reactive ketones (excluding diaryl/α,β-unsaturated/α-hetero) is 1. The van der Waals surface area contributed by atoms with Gasteiger partial charge in [-0.1, -0.05) is 20.8 Å². The molecule has 0 saturated carbocycles. The van der Waals surface area contributed by atoms with Crippen molar-refractivity contribution in [1.82, 2.24) is 15.2 Å². The number of amides is 2. The van der Waals surface area contributed by atoms with E-state index in [1.165, 1.54) is 0 Å². The van der Waals surface area contributed by atoms with Crippen molar-refractivity contribution in [3.63, 3.8) is 0 Å². The molecule has 1 saturated heterocycles. The highest BCUT2D eigenvalue weighted by Gasteiger charge is 2.35. The third-order valence-corrected chi connectivity index (χ3v) is 4.82. The zero-order valence-corrected chi connectivity index (χ0v) is 15.5. The van der Waals surface area contributed by atoms with Crippen LogP contribution in [0, 0.1) is 12.3 Å². The Bertz CT molecular complexity index is 727. The Balaban J connectivity index is 1.73. The van der Waals surface area contributed by atoms with Crippen LogP contribution in [0.5, 0.6) is 0 Å². The van der Waals surface area contributed by atoms with E-state index in [0.717, 1.165) is 24.2 Å². The lowest BCUT2D eigenvalue weighted by Crippen LogP contribution is -2.39. The van der Waals surface area contributed by atoms with E-state index in [9.17, 15) is 14.4 Å². The summed E-state index contributed by atoms with van der Waals surface area (Å²) in [4.78, 5) is 42.2. The maximum Gasteiger partial charge on any atom is 0.254 e. The molecule has 2 heterocycles. The van der Waals surface area contributed by atoms with Crippen LogP contribution in [0.15, 0.2) is 0 Å². The standard InChI is InChI=1S/C19H27N3O3/c1-11-16(17-13(20-11)6-5-7-14(17)23)18(25)21-12-8-15(24)22(9-12)10-19(2,3)4/h12,20H,5-10H2,1-4H3,(H,21,25)/t12-/m0/s1. The number of rotatable bonds is 3. The summed E-state index contributed by atoms with van der Waals surface area (Å²) < 4.78 is 0. The molecule has 1 aliphatic heterocycles. The first-order valence-corrected chi connectivity index (χ1v) is 8.99. The largest absolute Gasteiger partial charge is 0.361 e. The average Bonchev–Trinajstić information content (AvgIpc) is 2.98. The number of hydrogen-bond donors (Lipinski definition) is 2. The molecule has 1 aromatic heterocycles. The quantitative estimate of drug-likeness (QED) is 0.881. The Hall–Kier alpha value is -2.11. The minimum absolute atomic E-state index is 0.0251. The number of nitrogens with zero attached hydrogens (tertiary/aromatic N) is 1. The summed E-state index contributed by atoms with van der Waals surface area (Å²) in [7, 11) is 0. The third-order valence-electron chi connectivity index (χ3n) is 4.82. The lowest BCUT2D eigenvalue weighted by molar-refractivity contribution is -0.128. The first kappa shape index (κ1) is 17.7. The van der Waals surface area contributed by atoms with Gasteiger partial charge in [-0.2, -0.15) is 0 Å². The summed E-state index contributed by atoms with van der Waals surface area (Å²) in [5.74, 6) is -0.141. The number of aromatic amines is 1. The molecule has 0 unspecified atom stereocenters. The number of likely N-dealkylation sites (tertiary alicyclic amines) is 1. The van der Waals surface area contributed by atoms with Crippen molar-refractivity contribution < 1.29 is 14.4 Å². The molecule has 1 atom stereocenters. The molecule has 2 amide bonds. The number of carbonyl (C=O) groups is 3. The third kappa shape index (κ3) is 3.62. The predicted octanol–water partition coefficient (Wildman–Crippen LogP) is 2.22. The number of aromatic nitrogens is 1. The maximum absolute atomic E-state index is 12.8. The number of aryl methyl sites for hydroxylation is 2. The maximum atomic E-state index is 12.8.